The van der Waals surface area contributed by atoms with Crippen LogP contribution in [0.25, 0.3) is 0 Å². The highest BCUT2D eigenvalue weighted by molar-refractivity contribution is 5.29. The topological polar surface area (TPSA) is 34.1 Å². The largest absolute Gasteiger partial charge is 0.478 e. The summed E-state index contributed by atoms with van der Waals surface area (Å²) in [4.78, 5) is 4.58. The van der Waals surface area contributed by atoms with Gasteiger partial charge in [0.05, 0.1) is 6.61 Å². The van der Waals surface area contributed by atoms with Gasteiger partial charge in [0.15, 0.2) is 0 Å². The van der Waals surface area contributed by atoms with E-state index in [1.54, 1.807) is 0 Å². The minimum Gasteiger partial charge on any atom is -0.478 e. The summed E-state index contributed by atoms with van der Waals surface area (Å²) in [5.74, 6) is 0.777. The third kappa shape index (κ3) is 4.05. The molecule has 0 bridgehead atoms. The third-order valence-electron chi connectivity index (χ3n) is 3.82. The Morgan fingerprint density at radius 3 is 2.86 bits per heavy atom. The van der Waals surface area contributed by atoms with Gasteiger partial charge in [0, 0.05) is 18.3 Å². The molecule has 1 aromatic carbocycles. The maximum atomic E-state index is 5.73. The van der Waals surface area contributed by atoms with Crippen molar-refractivity contribution in [2.24, 2.45) is 0 Å². The van der Waals surface area contributed by atoms with Gasteiger partial charge in [-0.1, -0.05) is 36.4 Å². The predicted octanol–water partition coefficient (Wildman–Crippen LogP) is 3.13. The zero-order valence-electron chi connectivity index (χ0n) is 12.3. The van der Waals surface area contributed by atoms with E-state index in [2.05, 4.69) is 40.6 Å². The van der Waals surface area contributed by atoms with Crippen LogP contribution < -0.4 is 10.1 Å². The lowest BCUT2D eigenvalue weighted by Gasteiger charge is -2.08. The van der Waals surface area contributed by atoms with E-state index in [0.717, 1.165) is 31.8 Å². The molecule has 0 radical (unpaired) electrons. The summed E-state index contributed by atoms with van der Waals surface area (Å²) >= 11 is 0. The summed E-state index contributed by atoms with van der Waals surface area (Å²) in [5, 5.41) is 3.43. The van der Waals surface area contributed by atoms with E-state index in [4.69, 9.17) is 4.74 Å². The fraction of sp³-hybridized carbons (Fsp3) is 0.389. The van der Waals surface area contributed by atoms with Crippen molar-refractivity contribution >= 4 is 0 Å². The van der Waals surface area contributed by atoms with Gasteiger partial charge in [-0.05, 0) is 43.4 Å². The molecule has 0 fully saturated rings. The Morgan fingerprint density at radius 1 is 1.05 bits per heavy atom. The number of aryl methyl sites for hydroxylation is 2. The van der Waals surface area contributed by atoms with Gasteiger partial charge >= 0.3 is 0 Å². The lowest BCUT2D eigenvalue weighted by Crippen LogP contribution is -2.17. The second-order valence-corrected chi connectivity index (χ2v) is 5.47. The van der Waals surface area contributed by atoms with Crippen LogP contribution in [0.5, 0.6) is 5.88 Å². The van der Waals surface area contributed by atoms with Gasteiger partial charge in [0.2, 0.25) is 5.88 Å². The first-order valence-electron chi connectivity index (χ1n) is 7.78. The molecule has 0 spiro atoms. The lowest BCUT2D eigenvalue weighted by atomic mass is 10.2. The van der Waals surface area contributed by atoms with Gasteiger partial charge in [-0.3, -0.25) is 0 Å². The molecule has 110 valence electrons. The lowest BCUT2D eigenvalue weighted by molar-refractivity contribution is 0.296. The van der Waals surface area contributed by atoms with E-state index < -0.39 is 0 Å². The molecule has 3 nitrogen and oxygen atoms in total. The highest BCUT2D eigenvalue weighted by Gasteiger charge is 2.12. The van der Waals surface area contributed by atoms with Crippen LogP contribution >= 0.6 is 0 Å². The summed E-state index contributed by atoms with van der Waals surface area (Å²) < 4.78 is 5.73. The predicted molar refractivity (Wildman–Crippen MR) is 84.5 cm³/mol. The molecule has 2 aromatic rings. The van der Waals surface area contributed by atoms with Crippen LogP contribution in [-0.2, 0) is 19.4 Å². The standard InChI is InChI=1S/C18H22N2O/c1-2-6-15(7-3-1)14-19-12-5-13-21-18-11-10-16-8-4-9-17(16)20-18/h1-3,6-7,10-11,19H,4-5,8-9,12-14H2. The fourth-order valence-corrected chi connectivity index (χ4v) is 2.68. The zero-order chi connectivity index (χ0) is 14.3. The molecule has 1 aliphatic rings. The highest BCUT2D eigenvalue weighted by Crippen LogP contribution is 2.22. The number of pyridine rings is 1. The summed E-state index contributed by atoms with van der Waals surface area (Å²) in [7, 11) is 0. The molecule has 1 N–H and O–H groups in total. The first kappa shape index (κ1) is 14.1. The monoisotopic (exact) mass is 282 g/mol. The molecule has 0 saturated carbocycles. The minimum absolute atomic E-state index is 0.716. The number of hydrogen-bond acceptors (Lipinski definition) is 3. The van der Waals surface area contributed by atoms with Gasteiger partial charge < -0.3 is 10.1 Å². The Balaban J connectivity index is 1.33. The van der Waals surface area contributed by atoms with Crippen molar-refractivity contribution in [3.8, 4) is 5.88 Å². The van der Waals surface area contributed by atoms with Crippen LogP contribution in [0.1, 0.15) is 29.7 Å². The van der Waals surface area contributed by atoms with Crippen LogP contribution in [0.3, 0.4) is 0 Å². The Hall–Kier alpha value is -1.87. The maximum Gasteiger partial charge on any atom is 0.213 e. The van der Waals surface area contributed by atoms with Gasteiger partial charge in [0.1, 0.15) is 0 Å². The molecule has 1 aromatic heterocycles. The smallest absolute Gasteiger partial charge is 0.213 e. The second-order valence-electron chi connectivity index (χ2n) is 5.47. The van der Waals surface area contributed by atoms with E-state index >= 15 is 0 Å². The molecule has 3 rings (SSSR count). The van der Waals surface area contributed by atoms with Crippen LogP contribution in [0.15, 0.2) is 42.5 Å². The number of fused-ring (bicyclic) bond motifs is 1. The first-order valence-corrected chi connectivity index (χ1v) is 7.78. The van der Waals surface area contributed by atoms with E-state index in [1.165, 1.54) is 29.7 Å². The van der Waals surface area contributed by atoms with E-state index in [9.17, 15) is 0 Å². The Bertz CT molecular complexity index is 569. The average Bonchev–Trinajstić information content (AvgIpc) is 2.99. The SMILES string of the molecule is c1ccc(CNCCCOc2ccc3c(n2)CCC3)cc1. The minimum atomic E-state index is 0.716. The number of aromatic nitrogens is 1. The van der Waals surface area contributed by atoms with Gasteiger partial charge in [-0.2, -0.15) is 0 Å². The van der Waals surface area contributed by atoms with Crippen LogP contribution in [-0.4, -0.2) is 18.1 Å². The number of benzene rings is 1. The van der Waals surface area contributed by atoms with Crippen LogP contribution in [0, 0.1) is 0 Å². The molecular formula is C18H22N2O. The zero-order valence-corrected chi connectivity index (χ0v) is 12.3. The Morgan fingerprint density at radius 2 is 1.95 bits per heavy atom. The average molecular weight is 282 g/mol. The summed E-state index contributed by atoms with van der Waals surface area (Å²) in [6.07, 6.45) is 4.50. The second kappa shape index (κ2) is 7.23. The number of nitrogens with one attached hydrogen (secondary N) is 1. The Kier molecular flexibility index (Phi) is 4.85. The summed E-state index contributed by atoms with van der Waals surface area (Å²) in [6.45, 7) is 2.59. The molecule has 0 amide bonds. The van der Waals surface area contributed by atoms with Gasteiger partial charge in [0.25, 0.3) is 0 Å². The van der Waals surface area contributed by atoms with Crippen molar-refractivity contribution in [3.05, 3.63) is 59.3 Å². The molecule has 1 heterocycles. The number of hydrogen-bond donors (Lipinski definition) is 1. The van der Waals surface area contributed by atoms with Crippen molar-refractivity contribution < 1.29 is 4.74 Å². The molecule has 0 unspecified atom stereocenters. The number of rotatable bonds is 7. The van der Waals surface area contributed by atoms with Crippen molar-refractivity contribution in [2.45, 2.75) is 32.2 Å². The molecule has 3 heteroatoms. The number of nitrogens with zero attached hydrogens (tertiary/aromatic N) is 1. The Labute approximate surface area is 126 Å². The first-order chi connectivity index (χ1) is 10.4. The highest BCUT2D eigenvalue weighted by atomic mass is 16.5. The van der Waals surface area contributed by atoms with Crippen molar-refractivity contribution in [1.29, 1.82) is 0 Å². The number of ether oxygens (including phenoxy) is 1. The van der Waals surface area contributed by atoms with Crippen molar-refractivity contribution in [1.82, 2.24) is 10.3 Å². The van der Waals surface area contributed by atoms with E-state index in [-0.39, 0.29) is 0 Å². The van der Waals surface area contributed by atoms with E-state index in [1.807, 2.05) is 12.1 Å². The van der Waals surface area contributed by atoms with Gasteiger partial charge in [-0.15, -0.1) is 0 Å². The summed E-state index contributed by atoms with van der Waals surface area (Å²) in [6, 6.07) is 14.6. The molecule has 21 heavy (non-hydrogen) atoms. The summed E-state index contributed by atoms with van der Waals surface area (Å²) in [5.41, 5.74) is 3.94. The molecule has 0 atom stereocenters. The van der Waals surface area contributed by atoms with E-state index in [0.29, 0.717) is 6.61 Å². The molecular weight excluding hydrogens is 260 g/mol. The maximum absolute atomic E-state index is 5.73. The van der Waals surface area contributed by atoms with Crippen molar-refractivity contribution in [2.75, 3.05) is 13.2 Å². The quantitative estimate of drug-likeness (QED) is 0.792. The van der Waals surface area contributed by atoms with Gasteiger partial charge in [-0.25, -0.2) is 4.98 Å². The molecule has 0 aliphatic heterocycles. The third-order valence-corrected chi connectivity index (χ3v) is 3.82. The molecule has 0 saturated heterocycles. The van der Waals surface area contributed by atoms with Crippen LogP contribution in [0.4, 0.5) is 0 Å². The molecule has 1 aliphatic carbocycles. The fourth-order valence-electron chi connectivity index (χ4n) is 2.68. The van der Waals surface area contributed by atoms with Crippen LogP contribution in [0.2, 0.25) is 0 Å². The normalized spacial score (nSPS) is 13.1. The van der Waals surface area contributed by atoms with Crippen molar-refractivity contribution in [3.63, 3.8) is 0 Å².